The lowest BCUT2D eigenvalue weighted by atomic mass is 9.76. The highest BCUT2D eigenvalue weighted by Crippen LogP contribution is 2.19. The standard InChI is InChI=1S/C19H26BN3O5/c1-14(12-21)18(24)23-10-6-5-9-16(23)13-28-19(25)22-17(20(26)27)11-15-7-3-2-4-8-15/h2-4,7-8,14,16-17,26-27H,5-6,9-11,13H2,1H3,(H,22,25)/t14?,16-,17+/m1/s1. The Morgan fingerprint density at radius 3 is 2.71 bits per heavy atom. The Bertz CT molecular complexity index is 695. The second-order valence-electron chi connectivity index (χ2n) is 6.98. The molecule has 1 fully saturated rings. The van der Waals surface area contributed by atoms with E-state index in [9.17, 15) is 19.6 Å². The zero-order valence-corrected chi connectivity index (χ0v) is 16.0. The Kier molecular flexibility index (Phi) is 8.29. The van der Waals surface area contributed by atoms with E-state index >= 15 is 0 Å². The number of nitrogens with one attached hydrogen (secondary N) is 1. The van der Waals surface area contributed by atoms with Gasteiger partial charge in [0.15, 0.2) is 0 Å². The predicted molar refractivity (Wildman–Crippen MR) is 103 cm³/mol. The molecule has 150 valence electrons. The number of piperidine rings is 1. The lowest BCUT2D eigenvalue weighted by Crippen LogP contribution is -2.51. The van der Waals surface area contributed by atoms with Gasteiger partial charge in [-0.1, -0.05) is 30.3 Å². The zero-order valence-electron chi connectivity index (χ0n) is 16.0. The van der Waals surface area contributed by atoms with Crippen molar-refractivity contribution in [1.29, 1.82) is 5.26 Å². The van der Waals surface area contributed by atoms with Crippen LogP contribution >= 0.6 is 0 Å². The van der Waals surface area contributed by atoms with Gasteiger partial charge in [0.25, 0.3) is 0 Å². The van der Waals surface area contributed by atoms with Crippen molar-refractivity contribution in [2.24, 2.45) is 5.92 Å². The number of likely N-dealkylation sites (tertiary alicyclic amines) is 1. The Morgan fingerprint density at radius 1 is 1.36 bits per heavy atom. The van der Waals surface area contributed by atoms with E-state index in [0.29, 0.717) is 13.0 Å². The van der Waals surface area contributed by atoms with Crippen molar-refractivity contribution < 1.29 is 24.4 Å². The summed E-state index contributed by atoms with van der Waals surface area (Å²) in [6, 6.07) is 10.8. The summed E-state index contributed by atoms with van der Waals surface area (Å²) in [7, 11) is -1.74. The number of amides is 2. The van der Waals surface area contributed by atoms with Crippen LogP contribution in [0, 0.1) is 17.2 Å². The molecular weight excluding hydrogens is 361 g/mol. The van der Waals surface area contributed by atoms with E-state index < -0.39 is 25.1 Å². The van der Waals surface area contributed by atoms with Gasteiger partial charge >= 0.3 is 13.2 Å². The number of hydrogen-bond donors (Lipinski definition) is 3. The average molecular weight is 387 g/mol. The monoisotopic (exact) mass is 387 g/mol. The lowest BCUT2D eigenvalue weighted by Gasteiger charge is -2.36. The van der Waals surface area contributed by atoms with Gasteiger partial charge in [-0.05, 0) is 38.2 Å². The summed E-state index contributed by atoms with van der Waals surface area (Å²) in [4.78, 5) is 26.1. The van der Waals surface area contributed by atoms with E-state index in [-0.39, 0.29) is 25.0 Å². The molecule has 2 rings (SSSR count). The van der Waals surface area contributed by atoms with E-state index in [1.54, 1.807) is 11.8 Å². The Hall–Kier alpha value is -2.57. The van der Waals surface area contributed by atoms with E-state index in [4.69, 9.17) is 10.00 Å². The molecule has 9 heteroatoms. The summed E-state index contributed by atoms with van der Waals surface area (Å²) in [6.07, 6.45) is 1.91. The Balaban J connectivity index is 1.90. The van der Waals surface area contributed by atoms with Gasteiger partial charge in [-0.15, -0.1) is 0 Å². The lowest BCUT2D eigenvalue weighted by molar-refractivity contribution is -0.138. The Morgan fingerprint density at radius 2 is 2.07 bits per heavy atom. The number of nitriles is 1. The largest absolute Gasteiger partial charge is 0.475 e. The molecule has 1 saturated heterocycles. The maximum absolute atomic E-state index is 12.3. The van der Waals surface area contributed by atoms with Crippen molar-refractivity contribution in [3.63, 3.8) is 0 Å². The first-order valence-electron chi connectivity index (χ1n) is 9.45. The third-order valence-corrected chi connectivity index (χ3v) is 4.84. The molecule has 3 atom stereocenters. The fourth-order valence-corrected chi connectivity index (χ4v) is 3.23. The second kappa shape index (κ2) is 10.7. The maximum Gasteiger partial charge on any atom is 0.475 e. The first-order valence-corrected chi connectivity index (χ1v) is 9.45. The highest BCUT2D eigenvalue weighted by molar-refractivity contribution is 6.43. The molecule has 1 aromatic carbocycles. The molecule has 1 aliphatic heterocycles. The average Bonchev–Trinajstić information content (AvgIpc) is 2.71. The van der Waals surface area contributed by atoms with Crippen molar-refractivity contribution in [3.05, 3.63) is 35.9 Å². The Labute approximate surface area is 165 Å². The van der Waals surface area contributed by atoms with Crippen LogP contribution in [0.15, 0.2) is 30.3 Å². The first kappa shape index (κ1) is 21.7. The summed E-state index contributed by atoms with van der Waals surface area (Å²) < 4.78 is 5.24. The third-order valence-electron chi connectivity index (χ3n) is 4.84. The highest BCUT2D eigenvalue weighted by atomic mass is 16.5. The predicted octanol–water partition coefficient (Wildman–Crippen LogP) is 0.877. The molecule has 2 amide bonds. The van der Waals surface area contributed by atoms with Gasteiger partial charge in [-0.2, -0.15) is 5.26 Å². The van der Waals surface area contributed by atoms with Crippen molar-refractivity contribution in [3.8, 4) is 6.07 Å². The topological polar surface area (TPSA) is 123 Å². The van der Waals surface area contributed by atoms with Gasteiger partial charge in [-0.25, -0.2) is 4.79 Å². The summed E-state index contributed by atoms with van der Waals surface area (Å²) in [6.45, 7) is 2.08. The minimum Gasteiger partial charge on any atom is -0.447 e. The van der Waals surface area contributed by atoms with Gasteiger partial charge in [0.05, 0.1) is 18.1 Å². The molecule has 8 nitrogen and oxygen atoms in total. The molecule has 1 heterocycles. The van der Waals surface area contributed by atoms with Crippen LogP contribution in [0.3, 0.4) is 0 Å². The molecule has 1 aliphatic rings. The highest BCUT2D eigenvalue weighted by Gasteiger charge is 2.31. The van der Waals surface area contributed by atoms with Gasteiger partial charge in [0.2, 0.25) is 5.91 Å². The number of rotatable bonds is 7. The number of carbonyl (C=O) groups is 2. The molecule has 0 saturated carbocycles. The molecule has 0 bridgehead atoms. The fourth-order valence-electron chi connectivity index (χ4n) is 3.23. The quantitative estimate of drug-likeness (QED) is 0.597. The second-order valence-corrected chi connectivity index (χ2v) is 6.98. The first-order chi connectivity index (χ1) is 13.4. The molecule has 0 aromatic heterocycles. The van der Waals surface area contributed by atoms with Crippen LogP contribution in [0.1, 0.15) is 31.7 Å². The molecule has 0 radical (unpaired) electrons. The number of hydrogen-bond acceptors (Lipinski definition) is 6. The molecule has 0 aliphatic carbocycles. The summed E-state index contributed by atoms with van der Waals surface area (Å²) in [5, 5.41) is 30.5. The van der Waals surface area contributed by atoms with Crippen molar-refractivity contribution >= 4 is 19.1 Å². The van der Waals surface area contributed by atoms with E-state index in [2.05, 4.69) is 5.32 Å². The van der Waals surface area contributed by atoms with Crippen LogP contribution in [0.5, 0.6) is 0 Å². The minimum absolute atomic E-state index is 0.00466. The normalized spacial score (nSPS) is 18.5. The molecule has 3 N–H and O–H groups in total. The number of carbonyl (C=O) groups excluding carboxylic acids is 2. The van der Waals surface area contributed by atoms with Crippen molar-refractivity contribution in [2.45, 2.75) is 44.6 Å². The number of nitrogens with zero attached hydrogens (tertiary/aromatic N) is 2. The van der Waals surface area contributed by atoms with Crippen LogP contribution in [-0.2, 0) is 16.0 Å². The van der Waals surface area contributed by atoms with Crippen molar-refractivity contribution in [2.75, 3.05) is 13.2 Å². The fraction of sp³-hybridized carbons (Fsp3) is 0.526. The van der Waals surface area contributed by atoms with Gasteiger partial charge in [-0.3, -0.25) is 4.79 Å². The zero-order chi connectivity index (χ0) is 20.5. The van der Waals surface area contributed by atoms with Gasteiger partial charge in [0, 0.05) is 6.54 Å². The van der Waals surface area contributed by atoms with Crippen LogP contribution in [-0.4, -0.2) is 59.2 Å². The van der Waals surface area contributed by atoms with Gasteiger partial charge < -0.3 is 25.0 Å². The van der Waals surface area contributed by atoms with Crippen molar-refractivity contribution in [1.82, 2.24) is 10.2 Å². The molecular formula is C19H26BN3O5. The summed E-state index contributed by atoms with van der Waals surface area (Å²) in [5.74, 6) is -1.92. The number of benzene rings is 1. The van der Waals surface area contributed by atoms with Gasteiger partial charge in [0.1, 0.15) is 12.5 Å². The molecule has 28 heavy (non-hydrogen) atoms. The number of alkyl carbamates (subject to hydrolysis) is 1. The molecule has 1 unspecified atom stereocenters. The summed E-state index contributed by atoms with van der Waals surface area (Å²) >= 11 is 0. The van der Waals surface area contributed by atoms with E-state index in [1.807, 2.05) is 36.4 Å². The van der Waals surface area contributed by atoms with Crippen LogP contribution in [0.4, 0.5) is 4.79 Å². The maximum atomic E-state index is 12.3. The SMILES string of the molecule is CC(C#N)C(=O)N1CCCC[C@@H]1COC(=O)N[C@@H](Cc1ccccc1)B(O)O. The van der Waals surface area contributed by atoms with E-state index in [0.717, 1.165) is 18.4 Å². The van der Waals surface area contributed by atoms with Crippen LogP contribution < -0.4 is 5.32 Å². The van der Waals surface area contributed by atoms with E-state index in [1.165, 1.54) is 0 Å². The van der Waals surface area contributed by atoms with Crippen LogP contribution in [0.25, 0.3) is 0 Å². The minimum atomic E-state index is -1.74. The third kappa shape index (κ3) is 6.25. The summed E-state index contributed by atoms with van der Waals surface area (Å²) in [5.41, 5.74) is 0.843. The molecule has 1 aromatic rings. The molecule has 0 spiro atoms. The van der Waals surface area contributed by atoms with Crippen LogP contribution in [0.2, 0.25) is 0 Å². The smallest absolute Gasteiger partial charge is 0.447 e. The number of ether oxygens (including phenoxy) is 1.